The van der Waals surface area contributed by atoms with Crippen LogP contribution in [0.15, 0.2) is 130 Å². The van der Waals surface area contributed by atoms with Gasteiger partial charge in [0.15, 0.2) is 85.3 Å². The van der Waals surface area contributed by atoms with Crippen LogP contribution in [0.5, 0.6) is 11.5 Å². The second kappa shape index (κ2) is 27.9. The molecule has 0 aromatic heterocycles. The van der Waals surface area contributed by atoms with E-state index in [0.29, 0.717) is 39.6 Å². The fourth-order valence-corrected chi connectivity index (χ4v) is 11.9. The highest BCUT2D eigenvalue weighted by Gasteiger charge is 2.60. The van der Waals surface area contributed by atoms with Crippen molar-refractivity contribution in [3.05, 3.63) is 231 Å². The lowest BCUT2D eigenvalue weighted by Gasteiger charge is -2.49. The number of hydrogen-bond donors (Lipinski definition) is 0. The summed E-state index contributed by atoms with van der Waals surface area (Å²) in [5.74, 6) is -68.0. The molecule has 0 aliphatic rings. The minimum Gasteiger partial charge on any atom is -0.491 e. The molecule has 92 heavy (non-hydrogen) atoms. The van der Waals surface area contributed by atoms with Crippen LogP contribution in [0.4, 0.5) is 123 Å². The van der Waals surface area contributed by atoms with Crippen molar-refractivity contribution in [1.29, 1.82) is 0 Å². The van der Waals surface area contributed by atoms with E-state index in [4.69, 9.17) is 18.9 Å². The monoisotopic (exact) mass is 1370 g/mol. The van der Waals surface area contributed by atoms with Crippen molar-refractivity contribution < 1.29 is 142 Å². The second-order valence-corrected chi connectivity index (χ2v) is 20.6. The first kappa shape index (κ1) is 71.2. The molecule has 34 heteroatoms. The molecule has 8 aromatic carbocycles. The van der Waals surface area contributed by atoms with Crippen molar-refractivity contribution in [1.82, 2.24) is 0 Å². The Morgan fingerprint density at radius 2 is 0.522 bits per heavy atom. The van der Waals surface area contributed by atoms with Crippen LogP contribution in [0.2, 0.25) is 0 Å². The van der Waals surface area contributed by atoms with Gasteiger partial charge >= 0.3 is 24.7 Å². The molecule has 8 rings (SSSR count). The van der Waals surface area contributed by atoms with Crippen molar-refractivity contribution in [2.75, 3.05) is 39.6 Å². The quantitative estimate of drug-likeness (QED) is 0.0214. The van der Waals surface area contributed by atoms with Crippen LogP contribution >= 0.6 is 0 Å². The van der Waals surface area contributed by atoms with Crippen molar-refractivity contribution in [3.63, 3.8) is 0 Å². The molecule has 0 atom stereocenters. The van der Waals surface area contributed by atoms with E-state index in [1.807, 2.05) is 42.5 Å². The highest BCUT2D eigenvalue weighted by Crippen LogP contribution is 2.45. The molecule has 0 aliphatic heterocycles. The number of para-hydroxylation sites is 2. The number of alkyl halides is 12. The van der Waals surface area contributed by atoms with Gasteiger partial charge in [-0.25, -0.2) is 70.2 Å². The zero-order valence-corrected chi connectivity index (χ0v) is 45.7. The van der Waals surface area contributed by atoms with E-state index in [1.165, 1.54) is 14.7 Å². The second-order valence-electron chi connectivity index (χ2n) is 18.6. The fourth-order valence-electron chi connectivity index (χ4n) is 9.70. The number of benzene rings is 8. The number of ether oxygens (including phenoxy) is 4. The summed E-state index contributed by atoms with van der Waals surface area (Å²) in [5, 5.41) is 0. The summed E-state index contributed by atoms with van der Waals surface area (Å²) in [4.78, 5) is 3.70. The molecular weight excluding hydrogens is 1340 g/mol. The van der Waals surface area contributed by atoms with Gasteiger partial charge in [0, 0.05) is 0 Å². The molecule has 8 aromatic rings. The first-order valence-electron chi connectivity index (χ1n) is 25.3. The van der Waals surface area contributed by atoms with E-state index in [0.717, 1.165) is 11.5 Å². The standard InChI is InChI=1S/C30H31O4S.C28BF28/c1-4-12-26(13-5-1)33-24-22-31-20-21-32-23-25-34-29-18-10-11-19-30(29)35(27-14-6-2-7-15-27)28-16-8-3-9-17-28;30-9-1(25(46,47)48)5(13(34)21(42)17(9)38)29(6-2(26(49,50)51)10(31)18(39)22(43)14(6)35,7-3(27(52,53)54)11(32)19(40)23(44)15(7)36)8-4(28(55,56)57)12(33)20(41)24(45)16(8)37/h1-19H,20-25H2;/q+1;-1. The maximum Gasteiger partial charge on any atom is 0.416 e. The molecule has 492 valence electrons. The van der Waals surface area contributed by atoms with Crippen molar-refractivity contribution in [2.24, 2.45) is 0 Å². The molecule has 0 N–H and O–H groups in total. The fraction of sp³-hybridized carbons (Fsp3) is 0.172. The Balaban J connectivity index is 0.000000292. The normalized spacial score (nSPS) is 12.4. The maximum atomic E-state index is 16.0. The van der Waals surface area contributed by atoms with Crippen LogP contribution in [0, 0.1) is 93.1 Å². The average molecular weight is 1370 g/mol. The topological polar surface area (TPSA) is 36.9 Å². The predicted octanol–water partition coefficient (Wildman–Crippen LogP) is 15.6. The Morgan fingerprint density at radius 1 is 0.272 bits per heavy atom. The minimum atomic E-state index is -8.89. The van der Waals surface area contributed by atoms with Gasteiger partial charge in [0.25, 0.3) is 0 Å². The van der Waals surface area contributed by atoms with Gasteiger partial charge in [-0.1, -0.05) is 66.7 Å². The largest absolute Gasteiger partial charge is 0.491 e. The summed E-state index contributed by atoms with van der Waals surface area (Å²) in [6, 6.07) is 39.2. The zero-order valence-electron chi connectivity index (χ0n) is 44.9. The van der Waals surface area contributed by atoms with Gasteiger partial charge in [-0.15, -0.1) is 21.9 Å². The van der Waals surface area contributed by atoms with Gasteiger partial charge in [-0.2, -0.15) is 52.7 Å². The maximum absolute atomic E-state index is 16.0. The molecule has 0 spiro atoms. The highest BCUT2D eigenvalue weighted by molar-refractivity contribution is 7.97. The third-order valence-electron chi connectivity index (χ3n) is 13.2. The van der Waals surface area contributed by atoms with Gasteiger partial charge in [0.2, 0.25) is 4.90 Å². The zero-order chi connectivity index (χ0) is 68.3. The lowest BCUT2D eigenvalue weighted by atomic mass is 9.11. The van der Waals surface area contributed by atoms with Crippen LogP contribution in [-0.4, -0.2) is 45.8 Å². The van der Waals surface area contributed by atoms with E-state index in [9.17, 15) is 87.8 Å². The van der Waals surface area contributed by atoms with Crippen LogP contribution in [0.1, 0.15) is 22.3 Å². The van der Waals surface area contributed by atoms with E-state index >= 15 is 35.1 Å². The Bertz CT molecular complexity index is 3610. The molecule has 0 amide bonds. The average Bonchev–Trinajstić information content (AvgIpc) is 0.670. The third-order valence-corrected chi connectivity index (χ3v) is 15.5. The number of halogens is 28. The van der Waals surface area contributed by atoms with E-state index in [1.54, 1.807) is 0 Å². The van der Waals surface area contributed by atoms with Gasteiger partial charge in [-0.05, 0) is 48.5 Å². The van der Waals surface area contributed by atoms with Gasteiger partial charge < -0.3 is 18.9 Å². The van der Waals surface area contributed by atoms with E-state index in [2.05, 4.69) is 72.8 Å². The van der Waals surface area contributed by atoms with Gasteiger partial charge in [0.05, 0.1) is 48.7 Å². The molecule has 0 fully saturated rings. The first-order chi connectivity index (χ1) is 43.0. The summed E-state index contributed by atoms with van der Waals surface area (Å²) in [5.41, 5.74) is -38.1. The minimum absolute atomic E-state index is 0.251. The molecule has 0 aliphatic carbocycles. The van der Waals surface area contributed by atoms with Crippen LogP contribution in [0.25, 0.3) is 0 Å². The number of hydrogen-bond acceptors (Lipinski definition) is 4. The molecular formula is C58H31BF28O4S. The third kappa shape index (κ3) is 13.9. The summed E-state index contributed by atoms with van der Waals surface area (Å²) >= 11 is 0. The summed E-state index contributed by atoms with van der Waals surface area (Å²) < 4.78 is 440. The lowest BCUT2D eigenvalue weighted by molar-refractivity contribution is -0.140. The number of rotatable bonds is 18. The Hall–Kier alpha value is -8.27. The molecule has 0 unspecified atom stereocenters. The summed E-state index contributed by atoms with van der Waals surface area (Å²) in [7, 11) is -0.251. The Kier molecular flexibility index (Phi) is 21.6. The summed E-state index contributed by atoms with van der Waals surface area (Å²) in [6.07, 6.45) is -39.5. The van der Waals surface area contributed by atoms with Crippen LogP contribution in [-0.2, 0) is 45.1 Å². The van der Waals surface area contributed by atoms with Gasteiger partial charge in [-0.3, -0.25) is 0 Å². The smallest absolute Gasteiger partial charge is 0.416 e. The highest BCUT2D eigenvalue weighted by atomic mass is 32.2. The van der Waals surface area contributed by atoms with Crippen molar-refractivity contribution in [3.8, 4) is 11.5 Å². The predicted molar refractivity (Wildman–Crippen MR) is 270 cm³/mol. The molecule has 0 bridgehead atoms. The van der Waals surface area contributed by atoms with Crippen LogP contribution < -0.4 is 31.3 Å². The van der Waals surface area contributed by atoms with Crippen molar-refractivity contribution >= 4 is 38.9 Å². The summed E-state index contributed by atoms with van der Waals surface area (Å²) in [6.45, 7) is 3.09. The molecule has 0 radical (unpaired) electrons. The SMILES string of the molecule is Fc1c(F)c(F)c(C(F)(F)F)c([B-](c2c(F)c(F)c(F)c(F)c2C(F)(F)F)(c2c(F)c(F)c(F)c(F)c2C(F)(F)F)c2c(F)c(F)c(F)c(F)c2C(F)(F)F)c1F.c1ccc(OCCOCCOCCOc2ccccc2[S+](c2ccccc2)c2ccccc2)cc1. The lowest BCUT2D eigenvalue weighted by Crippen LogP contribution is -2.82. The van der Waals surface area contributed by atoms with Crippen molar-refractivity contribution in [2.45, 2.75) is 39.4 Å². The molecule has 0 saturated heterocycles. The van der Waals surface area contributed by atoms with E-state index < -0.39 is 168 Å². The van der Waals surface area contributed by atoms with E-state index in [-0.39, 0.29) is 10.9 Å². The van der Waals surface area contributed by atoms with Crippen LogP contribution in [0.3, 0.4) is 0 Å². The Labute approximate surface area is 500 Å². The first-order valence-corrected chi connectivity index (χ1v) is 26.5. The Morgan fingerprint density at radius 3 is 0.826 bits per heavy atom. The molecule has 0 heterocycles. The molecule has 4 nitrogen and oxygen atoms in total. The molecule has 0 saturated carbocycles. The van der Waals surface area contributed by atoms with Gasteiger partial charge in [0.1, 0.15) is 59.3 Å².